The first-order valence-corrected chi connectivity index (χ1v) is 6.82. The lowest BCUT2D eigenvalue weighted by Crippen LogP contribution is -2.29. The molecule has 92 valence electrons. The second-order valence-electron chi connectivity index (χ2n) is 6.63. The van der Waals surface area contributed by atoms with Crippen molar-refractivity contribution in [1.82, 2.24) is 0 Å². The molecule has 1 nitrogen and oxygen atoms in total. The van der Waals surface area contributed by atoms with Crippen molar-refractivity contribution in [3.05, 3.63) is 11.6 Å². The van der Waals surface area contributed by atoms with Gasteiger partial charge in [-0.3, -0.25) is 0 Å². The van der Waals surface area contributed by atoms with Crippen LogP contribution in [0.5, 0.6) is 0 Å². The van der Waals surface area contributed by atoms with Gasteiger partial charge in [-0.25, -0.2) is 0 Å². The Balaban J connectivity index is 2.24. The molecule has 1 N–H and O–H groups in total. The normalized spacial score (nSPS) is 42.4. The molecule has 0 aliphatic heterocycles. The van der Waals surface area contributed by atoms with Crippen LogP contribution in [0, 0.1) is 23.7 Å². The van der Waals surface area contributed by atoms with Crippen LogP contribution in [0.25, 0.3) is 0 Å². The first-order chi connectivity index (χ1) is 7.38. The zero-order chi connectivity index (χ0) is 11.9. The van der Waals surface area contributed by atoms with E-state index in [0.717, 1.165) is 23.7 Å². The fraction of sp³-hybridized carbons (Fsp3) is 0.867. The van der Waals surface area contributed by atoms with Gasteiger partial charge in [0.25, 0.3) is 0 Å². The number of allylic oxidation sites excluding steroid dienone is 1. The average Bonchev–Trinajstić information content (AvgIpc) is 2.52. The van der Waals surface area contributed by atoms with Crippen LogP contribution in [0.15, 0.2) is 11.6 Å². The lowest BCUT2D eigenvalue weighted by molar-refractivity contribution is 0.127. The number of fused-ring (bicyclic) bond motifs is 1. The molecule has 0 spiro atoms. The highest BCUT2D eigenvalue weighted by molar-refractivity contribution is 5.19. The summed E-state index contributed by atoms with van der Waals surface area (Å²) in [5, 5.41) is 9.97. The van der Waals surface area contributed by atoms with E-state index in [1.165, 1.54) is 25.7 Å². The summed E-state index contributed by atoms with van der Waals surface area (Å²) >= 11 is 0. The molecule has 0 heterocycles. The van der Waals surface area contributed by atoms with Gasteiger partial charge < -0.3 is 5.11 Å². The Hall–Kier alpha value is -0.300. The van der Waals surface area contributed by atoms with E-state index < -0.39 is 5.60 Å². The van der Waals surface area contributed by atoms with E-state index in [9.17, 15) is 5.11 Å². The average molecular weight is 222 g/mol. The van der Waals surface area contributed by atoms with Crippen molar-refractivity contribution in [2.24, 2.45) is 23.7 Å². The molecule has 2 saturated carbocycles. The predicted molar refractivity (Wildman–Crippen MR) is 68.2 cm³/mol. The Morgan fingerprint density at radius 2 is 1.81 bits per heavy atom. The van der Waals surface area contributed by atoms with Gasteiger partial charge in [0.15, 0.2) is 0 Å². The molecule has 0 unspecified atom stereocenters. The fourth-order valence-corrected chi connectivity index (χ4v) is 3.91. The van der Waals surface area contributed by atoms with Crippen molar-refractivity contribution < 1.29 is 5.11 Å². The number of rotatable bonds is 1. The van der Waals surface area contributed by atoms with Crippen LogP contribution in [0.3, 0.4) is 0 Å². The largest absolute Gasteiger partial charge is 0.386 e. The standard InChI is InChI=1S/C15H26O/c1-10-5-7-12(9-15(3,4)16)14-11(2)6-8-13(10)14/h9-11,13-14,16H,5-8H2,1-4H3/t10-,11-,13-,14+/m0/s1. The zero-order valence-corrected chi connectivity index (χ0v) is 11.2. The van der Waals surface area contributed by atoms with Crippen LogP contribution < -0.4 is 0 Å². The van der Waals surface area contributed by atoms with Crippen LogP contribution >= 0.6 is 0 Å². The number of hydrogen-bond donors (Lipinski definition) is 1. The van der Waals surface area contributed by atoms with Crippen molar-refractivity contribution >= 4 is 0 Å². The molecule has 0 bridgehead atoms. The van der Waals surface area contributed by atoms with Gasteiger partial charge in [0.1, 0.15) is 0 Å². The van der Waals surface area contributed by atoms with Crippen LogP contribution in [0.1, 0.15) is 53.4 Å². The van der Waals surface area contributed by atoms with E-state index in [-0.39, 0.29) is 0 Å². The van der Waals surface area contributed by atoms with Crippen LogP contribution in [0.2, 0.25) is 0 Å². The minimum atomic E-state index is -0.636. The fourth-order valence-electron chi connectivity index (χ4n) is 3.91. The van der Waals surface area contributed by atoms with Gasteiger partial charge >= 0.3 is 0 Å². The Kier molecular flexibility index (Phi) is 3.18. The number of aliphatic hydroxyl groups is 1. The van der Waals surface area contributed by atoms with E-state index in [2.05, 4.69) is 19.9 Å². The van der Waals surface area contributed by atoms with Crippen molar-refractivity contribution in [3.63, 3.8) is 0 Å². The summed E-state index contributed by atoms with van der Waals surface area (Å²) in [6.07, 6.45) is 7.43. The van der Waals surface area contributed by atoms with Crippen LogP contribution in [-0.2, 0) is 0 Å². The third-order valence-corrected chi connectivity index (χ3v) is 4.62. The summed E-state index contributed by atoms with van der Waals surface area (Å²) in [5.74, 6) is 3.35. The molecular formula is C15H26O. The van der Waals surface area contributed by atoms with E-state index in [1.807, 2.05) is 13.8 Å². The molecule has 0 aromatic heterocycles. The Bertz CT molecular complexity index is 284. The molecule has 2 fully saturated rings. The molecule has 0 saturated heterocycles. The third-order valence-electron chi connectivity index (χ3n) is 4.62. The SMILES string of the molecule is C[C@H]1CCC(=CC(C)(C)O)[C@@H]2[C@H]1CC[C@@H]2C. The van der Waals surface area contributed by atoms with Gasteiger partial charge in [0.05, 0.1) is 5.60 Å². The molecule has 4 atom stereocenters. The minimum Gasteiger partial charge on any atom is -0.386 e. The lowest BCUT2D eigenvalue weighted by atomic mass is 9.69. The maximum Gasteiger partial charge on any atom is 0.0774 e. The van der Waals surface area contributed by atoms with Gasteiger partial charge in [0.2, 0.25) is 0 Å². The molecular weight excluding hydrogens is 196 g/mol. The molecule has 2 aliphatic carbocycles. The van der Waals surface area contributed by atoms with E-state index in [4.69, 9.17) is 0 Å². The Morgan fingerprint density at radius 1 is 1.12 bits per heavy atom. The maximum atomic E-state index is 9.97. The first kappa shape index (κ1) is 12.2. The van der Waals surface area contributed by atoms with Gasteiger partial charge in [-0.05, 0) is 63.2 Å². The highest BCUT2D eigenvalue weighted by Crippen LogP contribution is 2.51. The lowest BCUT2D eigenvalue weighted by Gasteiger charge is -2.37. The van der Waals surface area contributed by atoms with Crippen molar-refractivity contribution in [3.8, 4) is 0 Å². The molecule has 1 heteroatoms. The van der Waals surface area contributed by atoms with E-state index >= 15 is 0 Å². The maximum absolute atomic E-state index is 9.97. The molecule has 0 radical (unpaired) electrons. The van der Waals surface area contributed by atoms with Gasteiger partial charge in [-0.2, -0.15) is 0 Å². The smallest absolute Gasteiger partial charge is 0.0774 e. The zero-order valence-electron chi connectivity index (χ0n) is 11.2. The van der Waals surface area contributed by atoms with Crippen LogP contribution in [0.4, 0.5) is 0 Å². The summed E-state index contributed by atoms with van der Waals surface area (Å²) in [6, 6.07) is 0. The monoisotopic (exact) mass is 222 g/mol. The molecule has 2 rings (SSSR count). The van der Waals surface area contributed by atoms with Gasteiger partial charge in [-0.1, -0.05) is 25.5 Å². The molecule has 0 aromatic carbocycles. The number of hydrogen-bond acceptors (Lipinski definition) is 1. The van der Waals surface area contributed by atoms with Gasteiger partial charge in [0, 0.05) is 0 Å². The second kappa shape index (κ2) is 4.18. The molecule has 16 heavy (non-hydrogen) atoms. The molecule has 0 aromatic rings. The topological polar surface area (TPSA) is 20.2 Å². The summed E-state index contributed by atoms with van der Waals surface area (Å²) < 4.78 is 0. The Morgan fingerprint density at radius 3 is 2.44 bits per heavy atom. The molecule has 0 amide bonds. The van der Waals surface area contributed by atoms with Crippen molar-refractivity contribution in [2.45, 2.75) is 59.0 Å². The predicted octanol–water partition coefficient (Wildman–Crippen LogP) is 3.78. The summed E-state index contributed by atoms with van der Waals surface area (Å²) in [4.78, 5) is 0. The summed E-state index contributed by atoms with van der Waals surface area (Å²) in [7, 11) is 0. The third kappa shape index (κ3) is 2.34. The van der Waals surface area contributed by atoms with E-state index in [1.54, 1.807) is 5.57 Å². The summed E-state index contributed by atoms with van der Waals surface area (Å²) in [6.45, 7) is 8.59. The quantitative estimate of drug-likeness (QED) is 0.669. The van der Waals surface area contributed by atoms with Gasteiger partial charge in [-0.15, -0.1) is 0 Å². The molecule has 2 aliphatic rings. The van der Waals surface area contributed by atoms with Crippen molar-refractivity contribution in [1.29, 1.82) is 0 Å². The highest BCUT2D eigenvalue weighted by atomic mass is 16.3. The first-order valence-electron chi connectivity index (χ1n) is 6.82. The summed E-state index contributed by atoms with van der Waals surface area (Å²) in [5.41, 5.74) is 0.906. The second-order valence-corrected chi connectivity index (χ2v) is 6.63. The van der Waals surface area contributed by atoms with Crippen molar-refractivity contribution in [2.75, 3.05) is 0 Å². The van der Waals surface area contributed by atoms with Crippen LogP contribution in [-0.4, -0.2) is 10.7 Å². The highest BCUT2D eigenvalue weighted by Gasteiger charge is 2.41. The van der Waals surface area contributed by atoms with E-state index in [0.29, 0.717) is 0 Å². The Labute approximate surface area is 99.9 Å². The minimum absolute atomic E-state index is 0.636.